The number of nitrogens with zero attached hydrogens (tertiary/aromatic N) is 3. The van der Waals surface area contributed by atoms with Crippen molar-refractivity contribution < 1.29 is 4.74 Å². The molecule has 0 fully saturated rings. The normalized spacial score (nSPS) is 9.32. The molecule has 0 aliphatic carbocycles. The number of benzene rings is 1. The largest absolute Gasteiger partial charge is 0.494 e. The fourth-order valence-electron chi connectivity index (χ4n) is 1.75. The Morgan fingerprint density at radius 2 is 1.79 bits per heavy atom. The lowest BCUT2D eigenvalue weighted by atomic mass is 10.2. The van der Waals surface area contributed by atoms with Gasteiger partial charge in [-0.25, -0.2) is 4.99 Å². The second-order valence-corrected chi connectivity index (χ2v) is 4.49. The Labute approximate surface area is 133 Å². The minimum atomic E-state index is 0. The lowest BCUT2D eigenvalue weighted by molar-refractivity contribution is 0.340. The molecule has 1 aromatic rings. The molecule has 0 heterocycles. The highest BCUT2D eigenvalue weighted by molar-refractivity contribution is 14.0. The highest BCUT2D eigenvalue weighted by atomic mass is 127. The minimum absolute atomic E-state index is 0. The number of aliphatic imine (C=N–C) groups is 1. The number of rotatable bonds is 4. The van der Waals surface area contributed by atoms with Crippen LogP contribution in [0.1, 0.15) is 12.5 Å². The molecule has 0 N–H and O–H groups in total. The van der Waals surface area contributed by atoms with Crippen LogP contribution >= 0.6 is 24.0 Å². The monoisotopic (exact) mass is 377 g/mol. The maximum absolute atomic E-state index is 5.48. The molecule has 0 saturated heterocycles. The summed E-state index contributed by atoms with van der Waals surface area (Å²) in [6.45, 7) is 3.33. The van der Waals surface area contributed by atoms with Gasteiger partial charge < -0.3 is 14.5 Å². The molecule has 4 nitrogen and oxygen atoms in total. The minimum Gasteiger partial charge on any atom is -0.494 e. The summed E-state index contributed by atoms with van der Waals surface area (Å²) in [4.78, 5) is 8.62. The fourth-order valence-corrected chi connectivity index (χ4v) is 1.75. The number of hydrogen-bond acceptors (Lipinski definition) is 2. The van der Waals surface area contributed by atoms with Gasteiger partial charge in [0.05, 0.1) is 13.2 Å². The van der Waals surface area contributed by atoms with Crippen LogP contribution in [0.15, 0.2) is 29.3 Å². The zero-order valence-corrected chi connectivity index (χ0v) is 14.7. The van der Waals surface area contributed by atoms with E-state index in [1.54, 1.807) is 0 Å². The molecule has 0 spiro atoms. The summed E-state index contributed by atoms with van der Waals surface area (Å²) in [6, 6.07) is 8.07. The van der Waals surface area contributed by atoms with Crippen LogP contribution in [-0.2, 0) is 6.54 Å². The Balaban J connectivity index is 0.00000324. The summed E-state index contributed by atoms with van der Waals surface area (Å²) in [5, 5.41) is 0. The first-order chi connectivity index (χ1) is 8.54. The molecule has 0 amide bonds. The van der Waals surface area contributed by atoms with Crippen molar-refractivity contribution in [1.82, 2.24) is 9.80 Å². The van der Waals surface area contributed by atoms with Gasteiger partial charge in [0.1, 0.15) is 5.75 Å². The summed E-state index contributed by atoms with van der Waals surface area (Å²) in [5.41, 5.74) is 1.15. The van der Waals surface area contributed by atoms with Gasteiger partial charge in [0.2, 0.25) is 0 Å². The van der Waals surface area contributed by atoms with E-state index in [2.05, 4.69) is 11.1 Å². The van der Waals surface area contributed by atoms with E-state index in [4.69, 9.17) is 4.74 Å². The third-order valence-corrected chi connectivity index (χ3v) is 2.41. The molecule has 0 aromatic heterocycles. The number of ether oxygens (including phenoxy) is 1. The van der Waals surface area contributed by atoms with Gasteiger partial charge in [-0.05, 0) is 24.6 Å². The molecule has 5 heteroatoms. The molecule has 1 rings (SSSR count). The van der Waals surface area contributed by atoms with Crippen LogP contribution in [0, 0.1) is 0 Å². The quantitative estimate of drug-likeness (QED) is 0.459. The number of hydrogen-bond donors (Lipinski definition) is 0. The predicted octanol–water partition coefficient (Wildman–Crippen LogP) is 2.68. The van der Waals surface area contributed by atoms with Gasteiger partial charge >= 0.3 is 0 Å². The van der Waals surface area contributed by atoms with E-state index in [9.17, 15) is 0 Å². The molecule has 0 aliphatic rings. The van der Waals surface area contributed by atoms with Gasteiger partial charge in [-0.15, -0.1) is 24.0 Å². The molecule has 0 atom stereocenters. The van der Waals surface area contributed by atoms with E-state index in [0.717, 1.165) is 17.3 Å². The Morgan fingerprint density at radius 3 is 2.32 bits per heavy atom. The third kappa shape index (κ3) is 6.13. The van der Waals surface area contributed by atoms with Crippen molar-refractivity contribution in [3.05, 3.63) is 29.8 Å². The van der Waals surface area contributed by atoms with Crippen molar-refractivity contribution in [2.45, 2.75) is 13.5 Å². The standard InChI is InChI=1S/C14H23N3O.HI/c1-6-18-13-9-7-8-12(10-13)11-15-14(16(2)3)17(4)5;/h7-10H,6,11H2,1-5H3;1H. The van der Waals surface area contributed by atoms with Crippen LogP contribution in [0.5, 0.6) is 5.75 Å². The first kappa shape index (κ1) is 18.0. The van der Waals surface area contributed by atoms with E-state index in [1.807, 2.05) is 63.1 Å². The van der Waals surface area contributed by atoms with Gasteiger partial charge in [0.25, 0.3) is 0 Å². The third-order valence-electron chi connectivity index (χ3n) is 2.41. The van der Waals surface area contributed by atoms with E-state index < -0.39 is 0 Å². The first-order valence-corrected chi connectivity index (χ1v) is 6.15. The van der Waals surface area contributed by atoms with Gasteiger partial charge in [-0.3, -0.25) is 0 Å². The summed E-state index contributed by atoms with van der Waals surface area (Å²) in [6.07, 6.45) is 0. The molecule has 0 bridgehead atoms. The van der Waals surface area contributed by atoms with Gasteiger partial charge in [0.15, 0.2) is 5.96 Å². The van der Waals surface area contributed by atoms with Gasteiger partial charge in [0, 0.05) is 28.2 Å². The highest BCUT2D eigenvalue weighted by Crippen LogP contribution is 2.14. The first-order valence-electron chi connectivity index (χ1n) is 6.15. The lowest BCUT2D eigenvalue weighted by Gasteiger charge is -2.22. The van der Waals surface area contributed by atoms with Crippen LogP contribution in [-0.4, -0.2) is 50.6 Å². The highest BCUT2D eigenvalue weighted by Gasteiger charge is 2.04. The van der Waals surface area contributed by atoms with Crippen LogP contribution in [0.25, 0.3) is 0 Å². The zero-order valence-electron chi connectivity index (χ0n) is 12.4. The Bertz CT molecular complexity index is 395. The maximum atomic E-state index is 5.48. The molecular formula is C14H24IN3O. The SMILES string of the molecule is CCOc1cccc(CN=C(N(C)C)N(C)C)c1.I. The van der Waals surface area contributed by atoms with Crippen LogP contribution in [0.4, 0.5) is 0 Å². The number of guanidine groups is 1. The van der Waals surface area contributed by atoms with Crippen molar-refractivity contribution in [3.8, 4) is 5.75 Å². The summed E-state index contributed by atoms with van der Waals surface area (Å²) in [5.74, 6) is 1.86. The summed E-state index contributed by atoms with van der Waals surface area (Å²) in [7, 11) is 7.98. The molecule has 19 heavy (non-hydrogen) atoms. The average molecular weight is 377 g/mol. The fraction of sp³-hybridized carbons (Fsp3) is 0.500. The lowest BCUT2D eigenvalue weighted by Crippen LogP contribution is -2.35. The molecule has 108 valence electrons. The van der Waals surface area contributed by atoms with E-state index >= 15 is 0 Å². The summed E-state index contributed by atoms with van der Waals surface area (Å²) >= 11 is 0. The average Bonchev–Trinajstić information content (AvgIpc) is 2.29. The van der Waals surface area contributed by atoms with Crippen LogP contribution in [0.3, 0.4) is 0 Å². The van der Waals surface area contributed by atoms with Gasteiger partial charge in [-0.1, -0.05) is 12.1 Å². The molecule has 0 aliphatic heterocycles. The number of halogens is 1. The Hall–Kier alpha value is -0.980. The molecule has 1 aromatic carbocycles. The topological polar surface area (TPSA) is 28.1 Å². The van der Waals surface area contributed by atoms with E-state index in [0.29, 0.717) is 13.2 Å². The van der Waals surface area contributed by atoms with Crippen LogP contribution in [0.2, 0.25) is 0 Å². The smallest absolute Gasteiger partial charge is 0.195 e. The van der Waals surface area contributed by atoms with Crippen molar-refractivity contribution >= 4 is 29.9 Å². The zero-order chi connectivity index (χ0) is 13.5. The van der Waals surface area contributed by atoms with Crippen molar-refractivity contribution in [2.75, 3.05) is 34.8 Å². The Kier molecular flexibility index (Phi) is 8.54. The second-order valence-electron chi connectivity index (χ2n) is 4.49. The molecule has 0 radical (unpaired) electrons. The predicted molar refractivity (Wildman–Crippen MR) is 91.5 cm³/mol. The van der Waals surface area contributed by atoms with Crippen molar-refractivity contribution in [2.24, 2.45) is 4.99 Å². The van der Waals surface area contributed by atoms with E-state index in [-0.39, 0.29) is 24.0 Å². The maximum Gasteiger partial charge on any atom is 0.195 e. The van der Waals surface area contributed by atoms with Crippen LogP contribution < -0.4 is 4.74 Å². The molecule has 0 saturated carbocycles. The van der Waals surface area contributed by atoms with E-state index in [1.165, 1.54) is 0 Å². The molecule has 0 unspecified atom stereocenters. The molecular weight excluding hydrogens is 353 g/mol. The Morgan fingerprint density at radius 1 is 1.16 bits per heavy atom. The van der Waals surface area contributed by atoms with Crippen molar-refractivity contribution in [3.63, 3.8) is 0 Å². The summed E-state index contributed by atoms with van der Waals surface area (Å²) < 4.78 is 5.48. The second kappa shape index (κ2) is 9.01. The van der Waals surface area contributed by atoms with Gasteiger partial charge in [-0.2, -0.15) is 0 Å². The van der Waals surface area contributed by atoms with Crippen molar-refractivity contribution in [1.29, 1.82) is 0 Å².